The van der Waals surface area contributed by atoms with Gasteiger partial charge in [-0.25, -0.2) is 9.65 Å². The first-order valence-corrected chi connectivity index (χ1v) is 4.55. The molecule has 4 nitrogen and oxygen atoms in total. The Morgan fingerprint density at radius 1 is 1.50 bits per heavy atom. The van der Waals surface area contributed by atoms with Gasteiger partial charge >= 0.3 is 0 Å². The minimum absolute atomic E-state index is 0.0218. The lowest BCUT2D eigenvalue weighted by Crippen LogP contribution is -2.35. The number of halogens is 1. The van der Waals surface area contributed by atoms with Crippen molar-refractivity contribution in [2.75, 3.05) is 18.6 Å². The van der Waals surface area contributed by atoms with Crippen LogP contribution in [0, 0.1) is 24.6 Å². The quantitative estimate of drug-likeness (QED) is 0.670. The predicted octanol–water partition coefficient (Wildman–Crippen LogP) is 1.63. The van der Waals surface area contributed by atoms with Crippen LogP contribution >= 0.6 is 0 Å². The van der Waals surface area contributed by atoms with E-state index in [0.717, 1.165) is 0 Å². The van der Waals surface area contributed by atoms with Crippen LogP contribution < -0.4 is 9.64 Å². The molecule has 0 bridgehead atoms. The molecule has 16 heavy (non-hydrogen) atoms. The average molecular weight is 222 g/mol. The van der Waals surface area contributed by atoms with Gasteiger partial charge in [0.25, 0.3) is 5.91 Å². The van der Waals surface area contributed by atoms with Crippen molar-refractivity contribution in [3.8, 4) is 12.3 Å². The Morgan fingerprint density at radius 3 is 2.75 bits per heavy atom. The third kappa shape index (κ3) is 1.96. The number of likely N-dealkylation sites (N-methyl/N-ethyl adjacent to an activating group) is 1. The minimum Gasteiger partial charge on any atom is -0.481 e. The molecule has 2 rings (SSSR count). The van der Waals surface area contributed by atoms with Gasteiger partial charge in [0, 0.05) is 19.7 Å². The summed E-state index contributed by atoms with van der Waals surface area (Å²) in [5.41, 5.74) is 1.13. The van der Waals surface area contributed by atoms with E-state index < -0.39 is 0 Å². The van der Waals surface area contributed by atoms with Crippen LogP contribution in [0.2, 0.25) is 0 Å². The zero-order valence-electron chi connectivity index (χ0n) is 9.03. The van der Waals surface area contributed by atoms with Crippen LogP contribution in [-0.4, -0.2) is 19.6 Å². The summed E-state index contributed by atoms with van der Waals surface area (Å²) < 4.78 is 18.3. The second-order valence-corrected chi connectivity index (χ2v) is 3.31. The van der Waals surface area contributed by atoms with E-state index in [9.17, 15) is 9.18 Å². The molecule has 1 heterocycles. The number of aryl methyl sites for hydroxylation is 1. The van der Waals surface area contributed by atoms with Crippen LogP contribution in [0.5, 0.6) is 5.75 Å². The Labute approximate surface area is 92.8 Å². The van der Waals surface area contributed by atoms with Crippen molar-refractivity contribution in [1.29, 1.82) is 5.26 Å². The van der Waals surface area contributed by atoms with Crippen LogP contribution in [0.25, 0.3) is 0 Å². The second kappa shape index (κ2) is 4.62. The maximum Gasteiger partial charge on any atom is 0.264 e. The van der Waals surface area contributed by atoms with Crippen molar-refractivity contribution in [3.63, 3.8) is 0 Å². The van der Waals surface area contributed by atoms with Gasteiger partial charge in [-0.05, 0) is 18.6 Å². The van der Waals surface area contributed by atoms with Crippen molar-refractivity contribution in [3.05, 3.63) is 23.5 Å². The van der Waals surface area contributed by atoms with Gasteiger partial charge in [-0.2, -0.15) is 0 Å². The number of hydrogen-bond acceptors (Lipinski definition) is 3. The monoisotopic (exact) mass is 222 g/mol. The van der Waals surface area contributed by atoms with E-state index in [1.54, 1.807) is 20.0 Å². The molecule has 0 fully saturated rings. The van der Waals surface area contributed by atoms with Gasteiger partial charge in [0.05, 0.1) is 5.69 Å². The number of hydrogen-bond donors (Lipinski definition) is 0. The van der Waals surface area contributed by atoms with Gasteiger partial charge < -0.3 is 9.64 Å². The smallest absolute Gasteiger partial charge is 0.264 e. The zero-order chi connectivity index (χ0) is 12.3. The Kier molecular flexibility index (Phi) is 3.46. The highest BCUT2D eigenvalue weighted by molar-refractivity contribution is 5.97. The highest BCUT2D eigenvalue weighted by atomic mass is 19.1. The summed E-state index contributed by atoms with van der Waals surface area (Å²) in [6, 6.07) is 2.93. The number of nitriles is 1. The van der Waals surface area contributed by atoms with E-state index in [-0.39, 0.29) is 18.3 Å². The highest BCUT2D eigenvalue weighted by Crippen LogP contribution is 2.33. The molecule has 0 unspecified atom stereocenters. The molecule has 1 aliphatic heterocycles. The topological polar surface area (TPSA) is 53.3 Å². The van der Waals surface area contributed by atoms with Gasteiger partial charge in [0.2, 0.25) is 0 Å². The van der Waals surface area contributed by atoms with Crippen LogP contribution in [0.15, 0.2) is 12.1 Å². The van der Waals surface area contributed by atoms with Crippen LogP contribution in [0.3, 0.4) is 0 Å². The summed E-state index contributed by atoms with van der Waals surface area (Å²) in [5.74, 6) is -0.00907. The number of nitrogens with zero attached hydrogens (tertiary/aromatic N) is 2. The predicted molar refractivity (Wildman–Crippen MR) is 56.7 cm³/mol. The molecule has 1 aromatic carbocycles. The summed E-state index contributed by atoms with van der Waals surface area (Å²) >= 11 is 0. The van der Waals surface area contributed by atoms with Crippen molar-refractivity contribution >= 4 is 11.6 Å². The first-order chi connectivity index (χ1) is 7.59. The third-order valence-electron chi connectivity index (χ3n) is 2.33. The fraction of sp³-hybridized carbons (Fsp3) is 0.273. The average Bonchev–Trinajstić information content (AvgIpc) is 2.30. The molecule has 0 saturated heterocycles. The first kappa shape index (κ1) is 12.0. The molecule has 0 saturated carbocycles. The Hall–Kier alpha value is -2.09. The first-order valence-electron chi connectivity index (χ1n) is 4.55. The molecule has 5 heteroatoms. The van der Waals surface area contributed by atoms with Crippen molar-refractivity contribution in [1.82, 2.24) is 0 Å². The number of amides is 1. The van der Waals surface area contributed by atoms with E-state index in [1.165, 1.54) is 11.0 Å². The Morgan fingerprint density at radius 2 is 2.12 bits per heavy atom. The van der Waals surface area contributed by atoms with Gasteiger partial charge in [0.15, 0.2) is 6.61 Å². The fourth-order valence-electron chi connectivity index (χ4n) is 1.40. The number of anilines is 1. The number of carbonyl (C=O) groups excluding carboxylic acids is 1. The molecule has 0 spiro atoms. The van der Waals surface area contributed by atoms with Gasteiger partial charge in [-0.3, -0.25) is 4.79 Å². The fourth-order valence-corrected chi connectivity index (χ4v) is 1.40. The third-order valence-corrected chi connectivity index (χ3v) is 2.33. The maximum absolute atomic E-state index is 13.1. The number of benzene rings is 1. The molecular formula is C11H11FN2O2. The van der Waals surface area contributed by atoms with Crippen molar-refractivity contribution in [2.24, 2.45) is 0 Å². The Balaban J connectivity index is 0.000000606. The summed E-state index contributed by atoms with van der Waals surface area (Å²) in [7, 11) is 1.65. The lowest BCUT2D eigenvalue weighted by atomic mass is 10.1. The maximum atomic E-state index is 13.1. The minimum atomic E-state index is -0.313. The lowest BCUT2D eigenvalue weighted by Gasteiger charge is -2.26. The number of fused-ring (bicyclic) bond motifs is 1. The summed E-state index contributed by atoms with van der Waals surface area (Å²) in [6.45, 7) is 5.13. The van der Waals surface area contributed by atoms with Crippen LogP contribution in [0.4, 0.5) is 10.1 Å². The molecule has 0 aliphatic carbocycles. The lowest BCUT2D eigenvalue weighted by molar-refractivity contribution is -0.121. The number of ether oxygens (including phenoxy) is 1. The molecule has 0 radical (unpaired) electrons. The number of carbonyl (C=O) groups is 1. The SMILES string of the molecule is C#N.Cc1cc2c(cc1F)OCC(=O)N2C. The molecule has 1 amide bonds. The van der Waals surface area contributed by atoms with Crippen molar-refractivity contribution in [2.45, 2.75) is 6.92 Å². The van der Waals surface area contributed by atoms with E-state index in [2.05, 4.69) is 6.57 Å². The largest absolute Gasteiger partial charge is 0.481 e. The highest BCUT2D eigenvalue weighted by Gasteiger charge is 2.23. The van der Waals surface area contributed by atoms with Crippen LogP contribution in [0.1, 0.15) is 5.56 Å². The molecule has 0 aromatic heterocycles. The van der Waals surface area contributed by atoms with Crippen molar-refractivity contribution < 1.29 is 13.9 Å². The normalized spacial score (nSPS) is 13.3. The summed E-state index contributed by atoms with van der Waals surface area (Å²) in [4.78, 5) is 12.7. The summed E-state index contributed by atoms with van der Waals surface area (Å²) in [6.07, 6.45) is 0. The summed E-state index contributed by atoms with van der Waals surface area (Å²) in [5, 5.41) is 6.50. The second-order valence-electron chi connectivity index (χ2n) is 3.31. The van der Waals surface area contributed by atoms with E-state index in [1.807, 2.05) is 0 Å². The van der Waals surface area contributed by atoms with Gasteiger partial charge in [0.1, 0.15) is 11.6 Å². The zero-order valence-corrected chi connectivity index (χ0v) is 9.03. The van der Waals surface area contributed by atoms with Gasteiger partial charge in [-0.1, -0.05) is 0 Å². The molecule has 0 N–H and O–H groups in total. The Bertz CT molecular complexity index is 443. The van der Waals surface area contributed by atoms with E-state index in [0.29, 0.717) is 17.0 Å². The van der Waals surface area contributed by atoms with E-state index in [4.69, 9.17) is 10.00 Å². The number of rotatable bonds is 0. The van der Waals surface area contributed by atoms with E-state index >= 15 is 0 Å². The molecule has 84 valence electrons. The molecule has 0 atom stereocenters. The van der Waals surface area contributed by atoms with Gasteiger partial charge in [-0.15, -0.1) is 0 Å². The molecule has 1 aromatic rings. The van der Waals surface area contributed by atoms with Crippen LogP contribution in [-0.2, 0) is 4.79 Å². The molecular weight excluding hydrogens is 211 g/mol. The standard InChI is InChI=1S/C10H10FNO2.CHN/c1-6-3-8-9(4-7(6)11)14-5-10(13)12(8)2;1-2/h3-4H,5H2,1-2H3;1H. The molecule has 1 aliphatic rings.